The van der Waals surface area contributed by atoms with E-state index in [4.69, 9.17) is 0 Å². The first-order valence-corrected chi connectivity index (χ1v) is 4.02. The van der Waals surface area contributed by atoms with E-state index in [1.165, 1.54) is 18.7 Å². The van der Waals surface area contributed by atoms with E-state index < -0.39 is 0 Å². The highest BCUT2D eigenvalue weighted by Gasteiger charge is 2.31. The Labute approximate surface area is 63.7 Å². The maximum absolute atomic E-state index is 4.09. The second kappa shape index (κ2) is 2.30. The molecule has 1 heterocycles. The Hall–Kier alpha value is -0.460. The predicted octanol–water partition coefficient (Wildman–Crippen LogP) is 2.25. The van der Waals surface area contributed by atoms with Gasteiger partial charge in [0.25, 0.3) is 0 Å². The number of allylic oxidation sites excluding steroid dienone is 1. The number of likely N-dealkylation sites (tertiary alicyclic amines) is 1. The summed E-state index contributed by atoms with van der Waals surface area (Å²) in [6, 6.07) is 0. The summed E-state index contributed by atoms with van der Waals surface area (Å²) in [6.07, 6.45) is 1.26. The molecular weight excluding hydrogens is 122 g/mol. The molecule has 0 radical (unpaired) electrons. The van der Waals surface area contributed by atoms with Gasteiger partial charge >= 0.3 is 0 Å². The molecule has 0 N–H and O–H groups in total. The first-order valence-electron chi connectivity index (χ1n) is 4.02. The largest absolute Gasteiger partial charge is 0.375 e. The number of hydrogen-bond acceptors (Lipinski definition) is 1. The highest BCUT2D eigenvalue weighted by atomic mass is 15.2. The molecule has 0 spiro atoms. The molecule has 1 heteroatoms. The Bertz CT molecular complexity index is 147. The lowest BCUT2D eigenvalue weighted by molar-refractivity contribution is 0.395. The molecule has 1 rings (SSSR count). The van der Waals surface area contributed by atoms with Crippen molar-refractivity contribution in [1.82, 2.24) is 4.90 Å². The van der Waals surface area contributed by atoms with Crippen molar-refractivity contribution >= 4 is 0 Å². The molecule has 1 aliphatic heterocycles. The molecule has 0 unspecified atom stereocenters. The van der Waals surface area contributed by atoms with E-state index in [2.05, 4.69) is 32.3 Å². The van der Waals surface area contributed by atoms with Crippen LogP contribution in [0, 0.1) is 5.41 Å². The third kappa shape index (κ3) is 1.05. The summed E-state index contributed by atoms with van der Waals surface area (Å²) in [5, 5.41) is 0. The van der Waals surface area contributed by atoms with Crippen molar-refractivity contribution in [3.8, 4) is 0 Å². The lowest BCUT2D eigenvalue weighted by atomic mass is 9.90. The second-order valence-electron chi connectivity index (χ2n) is 3.66. The monoisotopic (exact) mass is 139 g/mol. The van der Waals surface area contributed by atoms with Crippen LogP contribution in [-0.4, -0.2) is 18.0 Å². The van der Waals surface area contributed by atoms with Gasteiger partial charge in [-0.3, -0.25) is 0 Å². The maximum atomic E-state index is 4.09. The standard InChI is InChI=1S/C9H17N/c1-5-10-7-6-9(3,4)8(10)2/h2,5-7H2,1,3-4H3. The number of hydrogen-bond donors (Lipinski definition) is 0. The average molecular weight is 139 g/mol. The molecule has 0 amide bonds. The van der Waals surface area contributed by atoms with Crippen LogP contribution in [0.4, 0.5) is 0 Å². The Morgan fingerprint density at radius 2 is 2.20 bits per heavy atom. The van der Waals surface area contributed by atoms with Gasteiger partial charge in [-0.15, -0.1) is 0 Å². The molecule has 58 valence electrons. The molecule has 1 fully saturated rings. The van der Waals surface area contributed by atoms with Crippen molar-refractivity contribution in [2.24, 2.45) is 5.41 Å². The van der Waals surface area contributed by atoms with Crippen LogP contribution in [-0.2, 0) is 0 Å². The molecule has 0 aromatic heterocycles. The van der Waals surface area contributed by atoms with Crippen molar-refractivity contribution in [3.05, 3.63) is 12.3 Å². The quantitative estimate of drug-likeness (QED) is 0.538. The van der Waals surface area contributed by atoms with Crippen LogP contribution in [0.3, 0.4) is 0 Å². The summed E-state index contributed by atoms with van der Waals surface area (Å²) in [6.45, 7) is 13.1. The van der Waals surface area contributed by atoms with E-state index in [0.29, 0.717) is 5.41 Å². The molecule has 1 saturated heterocycles. The minimum absolute atomic E-state index is 0.357. The van der Waals surface area contributed by atoms with Gasteiger partial charge < -0.3 is 4.90 Å². The van der Waals surface area contributed by atoms with Gasteiger partial charge in [0, 0.05) is 24.2 Å². The van der Waals surface area contributed by atoms with Crippen LogP contribution in [0.15, 0.2) is 12.3 Å². The first-order chi connectivity index (χ1) is 4.58. The fourth-order valence-electron chi connectivity index (χ4n) is 1.47. The van der Waals surface area contributed by atoms with E-state index in [0.717, 1.165) is 6.54 Å². The minimum Gasteiger partial charge on any atom is -0.375 e. The average Bonchev–Trinajstić information content (AvgIpc) is 2.10. The van der Waals surface area contributed by atoms with E-state index in [1.807, 2.05) is 0 Å². The molecule has 0 aromatic carbocycles. The van der Waals surface area contributed by atoms with Crippen molar-refractivity contribution < 1.29 is 0 Å². The van der Waals surface area contributed by atoms with E-state index in [1.54, 1.807) is 0 Å². The van der Waals surface area contributed by atoms with Gasteiger partial charge in [-0.25, -0.2) is 0 Å². The Morgan fingerprint density at radius 1 is 1.60 bits per heavy atom. The normalized spacial score (nSPS) is 23.9. The summed E-state index contributed by atoms with van der Waals surface area (Å²) >= 11 is 0. The Morgan fingerprint density at radius 3 is 2.40 bits per heavy atom. The fraction of sp³-hybridized carbons (Fsp3) is 0.778. The zero-order valence-electron chi connectivity index (χ0n) is 7.28. The summed E-state index contributed by atoms with van der Waals surface area (Å²) < 4.78 is 0. The van der Waals surface area contributed by atoms with Gasteiger partial charge in [0.15, 0.2) is 0 Å². The molecule has 0 atom stereocenters. The summed E-state index contributed by atoms with van der Waals surface area (Å²) in [5.41, 5.74) is 1.67. The smallest absolute Gasteiger partial charge is 0.0183 e. The summed E-state index contributed by atoms with van der Waals surface area (Å²) in [7, 11) is 0. The maximum Gasteiger partial charge on any atom is 0.0183 e. The Balaban J connectivity index is 2.67. The molecular formula is C9H17N. The highest BCUT2D eigenvalue weighted by Crippen LogP contribution is 2.37. The van der Waals surface area contributed by atoms with Gasteiger partial charge in [-0.2, -0.15) is 0 Å². The highest BCUT2D eigenvalue weighted by molar-refractivity contribution is 5.11. The SMILES string of the molecule is C=C1N(CC)CCC1(C)C. The summed E-state index contributed by atoms with van der Waals surface area (Å²) in [4.78, 5) is 2.36. The van der Waals surface area contributed by atoms with Crippen LogP contribution >= 0.6 is 0 Å². The predicted molar refractivity (Wildman–Crippen MR) is 44.8 cm³/mol. The van der Waals surface area contributed by atoms with Crippen LogP contribution in [0.2, 0.25) is 0 Å². The zero-order valence-corrected chi connectivity index (χ0v) is 7.28. The van der Waals surface area contributed by atoms with Crippen molar-refractivity contribution in [2.45, 2.75) is 27.2 Å². The number of rotatable bonds is 1. The van der Waals surface area contributed by atoms with Crippen molar-refractivity contribution in [3.63, 3.8) is 0 Å². The van der Waals surface area contributed by atoms with E-state index >= 15 is 0 Å². The van der Waals surface area contributed by atoms with Crippen molar-refractivity contribution in [2.75, 3.05) is 13.1 Å². The number of nitrogens with zero attached hydrogens (tertiary/aromatic N) is 1. The van der Waals surface area contributed by atoms with E-state index in [9.17, 15) is 0 Å². The topological polar surface area (TPSA) is 3.24 Å². The second-order valence-corrected chi connectivity index (χ2v) is 3.66. The van der Waals surface area contributed by atoms with Crippen LogP contribution in [0.5, 0.6) is 0 Å². The molecule has 0 bridgehead atoms. The molecule has 0 aromatic rings. The van der Waals surface area contributed by atoms with Crippen LogP contribution < -0.4 is 0 Å². The molecule has 10 heavy (non-hydrogen) atoms. The van der Waals surface area contributed by atoms with Crippen LogP contribution in [0.1, 0.15) is 27.2 Å². The molecule has 0 aliphatic carbocycles. The molecule has 1 aliphatic rings. The van der Waals surface area contributed by atoms with Gasteiger partial charge in [-0.05, 0) is 13.3 Å². The van der Waals surface area contributed by atoms with Crippen molar-refractivity contribution in [1.29, 1.82) is 0 Å². The fourth-order valence-corrected chi connectivity index (χ4v) is 1.47. The third-order valence-electron chi connectivity index (χ3n) is 2.55. The minimum atomic E-state index is 0.357. The molecule has 1 nitrogen and oxygen atoms in total. The summed E-state index contributed by atoms with van der Waals surface area (Å²) in [5.74, 6) is 0. The van der Waals surface area contributed by atoms with Gasteiger partial charge in [0.05, 0.1) is 0 Å². The first kappa shape index (κ1) is 7.64. The van der Waals surface area contributed by atoms with Gasteiger partial charge in [-0.1, -0.05) is 20.4 Å². The zero-order chi connectivity index (χ0) is 7.78. The molecule has 0 saturated carbocycles. The van der Waals surface area contributed by atoms with Gasteiger partial charge in [0.2, 0.25) is 0 Å². The van der Waals surface area contributed by atoms with E-state index in [-0.39, 0.29) is 0 Å². The Kier molecular flexibility index (Phi) is 1.76. The van der Waals surface area contributed by atoms with Crippen LogP contribution in [0.25, 0.3) is 0 Å². The lowest BCUT2D eigenvalue weighted by Gasteiger charge is -2.23. The van der Waals surface area contributed by atoms with Gasteiger partial charge in [0.1, 0.15) is 0 Å². The third-order valence-corrected chi connectivity index (χ3v) is 2.55. The lowest BCUT2D eigenvalue weighted by Crippen LogP contribution is -2.19.